The molecule has 2 atom stereocenters. The molecule has 2 unspecified atom stereocenters. The van der Waals surface area contributed by atoms with Crippen molar-refractivity contribution in [1.29, 1.82) is 0 Å². The average molecular weight is 291 g/mol. The summed E-state index contributed by atoms with van der Waals surface area (Å²) in [6, 6.07) is 8.16. The molecule has 0 saturated heterocycles. The number of rotatable bonds is 5. The number of ether oxygens (including phenoxy) is 1. The van der Waals surface area contributed by atoms with Gasteiger partial charge in [0.05, 0.1) is 19.6 Å². The van der Waals surface area contributed by atoms with Crippen LogP contribution in [-0.2, 0) is 22.5 Å². The van der Waals surface area contributed by atoms with Crippen LogP contribution < -0.4 is 0 Å². The average Bonchev–Trinajstić information content (AvgIpc) is 2.49. The first-order chi connectivity index (χ1) is 10.1. The first-order valence-corrected chi connectivity index (χ1v) is 7.63. The molecule has 0 heterocycles. The fraction of sp³-hybridized carbons (Fsp3) is 0.588. The van der Waals surface area contributed by atoms with Gasteiger partial charge in [-0.05, 0) is 31.0 Å². The zero-order valence-corrected chi connectivity index (χ0v) is 12.9. The van der Waals surface area contributed by atoms with Crippen LogP contribution in [-0.4, -0.2) is 42.3 Å². The Morgan fingerprint density at radius 3 is 2.62 bits per heavy atom. The molecule has 1 aromatic rings. The molecule has 0 amide bonds. The molecule has 0 bridgehead atoms. The van der Waals surface area contributed by atoms with Crippen LogP contribution in [0.5, 0.6) is 0 Å². The van der Waals surface area contributed by atoms with Crippen molar-refractivity contribution in [1.82, 2.24) is 4.90 Å². The van der Waals surface area contributed by atoms with Crippen LogP contribution in [0.1, 0.15) is 36.8 Å². The lowest BCUT2D eigenvalue weighted by molar-refractivity contribution is -0.139. The van der Waals surface area contributed by atoms with Crippen LogP contribution in [0.4, 0.5) is 0 Å². The highest BCUT2D eigenvalue weighted by molar-refractivity contribution is 5.72. The number of benzene rings is 1. The fourth-order valence-electron chi connectivity index (χ4n) is 3.10. The number of methoxy groups -OCH3 is 1. The van der Waals surface area contributed by atoms with Gasteiger partial charge in [0.15, 0.2) is 0 Å². The van der Waals surface area contributed by atoms with Gasteiger partial charge in [-0.1, -0.05) is 37.1 Å². The Bertz CT molecular complexity index is 475. The third kappa shape index (κ3) is 4.29. The Kier molecular flexibility index (Phi) is 5.76. The minimum absolute atomic E-state index is 0.213. The molecule has 0 spiro atoms. The Hall–Kier alpha value is -1.39. The van der Waals surface area contributed by atoms with E-state index >= 15 is 0 Å². The number of esters is 1. The van der Waals surface area contributed by atoms with Crippen molar-refractivity contribution in [3.05, 3.63) is 35.4 Å². The number of carbonyl (C=O) groups is 1. The third-order valence-electron chi connectivity index (χ3n) is 4.36. The summed E-state index contributed by atoms with van der Waals surface area (Å²) < 4.78 is 4.75. The summed E-state index contributed by atoms with van der Waals surface area (Å²) >= 11 is 0. The van der Waals surface area contributed by atoms with E-state index in [1.165, 1.54) is 13.5 Å². The third-order valence-corrected chi connectivity index (χ3v) is 4.36. The van der Waals surface area contributed by atoms with E-state index in [0.717, 1.165) is 36.9 Å². The number of hydrogen-bond acceptors (Lipinski definition) is 4. The molecule has 0 radical (unpaired) electrons. The minimum atomic E-state index is -0.239. The second kappa shape index (κ2) is 7.57. The highest BCUT2D eigenvalue weighted by Crippen LogP contribution is 2.24. The molecule has 1 aromatic carbocycles. The Morgan fingerprint density at radius 2 is 1.95 bits per heavy atom. The number of hydrogen-bond donors (Lipinski definition) is 1. The highest BCUT2D eigenvalue weighted by atomic mass is 16.5. The first kappa shape index (κ1) is 16.0. The Balaban J connectivity index is 2.06. The monoisotopic (exact) mass is 291 g/mol. The van der Waals surface area contributed by atoms with Gasteiger partial charge in [0, 0.05) is 12.6 Å². The summed E-state index contributed by atoms with van der Waals surface area (Å²) in [7, 11) is 3.46. The molecule has 4 heteroatoms. The van der Waals surface area contributed by atoms with Crippen molar-refractivity contribution < 1.29 is 14.6 Å². The van der Waals surface area contributed by atoms with Crippen LogP contribution in [0.15, 0.2) is 24.3 Å². The number of nitrogens with zero attached hydrogens (tertiary/aromatic N) is 1. The van der Waals surface area contributed by atoms with Crippen molar-refractivity contribution in [2.24, 2.45) is 0 Å². The normalized spacial score (nSPS) is 22.3. The van der Waals surface area contributed by atoms with Gasteiger partial charge in [0.1, 0.15) is 0 Å². The standard InChI is InChI=1S/C17H25NO3/c1-18(15-9-5-6-10-16(15)19)12-14-8-4-3-7-13(14)11-17(20)21-2/h3-4,7-8,15-16,19H,5-6,9-12H2,1-2H3. The van der Waals surface area contributed by atoms with Crippen LogP contribution in [0.3, 0.4) is 0 Å². The molecule has 0 aromatic heterocycles. The lowest BCUT2D eigenvalue weighted by atomic mass is 9.91. The molecule has 4 nitrogen and oxygen atoms in total. The van der Waals surface area contributed by atoms with Gasteiger partial charge in [0.2, 0.25) is 0 Å². The van der Waals surface area contributed by atoms with Crippen molar-refractivity contribution in [3.8, 4) is 0 Å². The van der Waals surface area contributed by atoms with Gasteiger partial charge >= 0.3 is 5.97 Å². The van der Waals surface area contributed by atoms with Gasteiger partial charge in [0.25, 0.3) is 0 Å². The van der Waals surface area contributed by atoms with Crippen LogP contribution in [0.25, 0.3) is 0 Å². The van der Waals surface area contributed by atoms with E-state index in [1.54, 1.807) is 0 Å². The summed E-state index contributed by atoms with van der Waals surface area (Å²) in [5.41, 5.74) is 2.13. The van der Waals surface area contributed by atoms with Crippen LogP contribution in [0, 0.1) is 0 Å². The number of aliphatic hydroxyl groups is 1. The van der Waals surface area contributed by atoms with Crippen molar-refractivity contribution in [2.45, 2.75) is 50.8 Å². The quantitative estimate of drug-likeness (QED) is 0.844. The Labute approximate surface area is 126 Å². The van der Waals surface area contributed by atoms with E-state index in [0.29, 0.717) is 6.42 Å². The molecule has 116 valence electrons. The highest BCUT2D eigenvalue weighted by Gasteiger charge is 2.26. The van der Waals surface area contributed by atoms with E-state index in [4.69, 9.17) is 4.74 Å². The maximum Gasteiger partial charge on any atom is 0.309 e. The molecule has 1 aliphatic carbocycles. The van der Waals surface area contributed by atoms with Crippen molar-refractivity contribution in [3.63, 3.8) is 0 Å². The van der Waals surface area contributed by atoms with Crippen LogP contribution in [0.2, 0.25) is 0 Å². The lowest BCUT2D eigenvalue weighted by Gasteiger charge is -2.35. The topological polar surface area (TPSA) is 49.8 Å². The molecular weight excluding hydrogens is 266 g/mol. The van der Waals surface area contributed by atoms with E-state index in [2.05, 4.69) is 4.90 Å². The Morgan fingerprint density at radius 1 is 1.29 bits per heavy atom. The van der Waals surface area contributed by atoms with Gasteiger partial charge in [-0.3, -0.25) is 9.69 Å². The van der Waals surface area contributed by atoms with E-state index in [1.807, 2.05) is 31.3 Å². The fourth-order valence-corrected chi connectivity index (χ4v) is 3.10. The van der Waals surface area contributed by atoms with E-state index in [9.17, 15) is 9.90 Å². The molecule has 1 aliphatic rings. The maximum absolute atomic E-state index is 11.5. The van der Waals surface area contributed by atoms with Gasteiger partial charge < -0.3 is 9.84 Å². The summed E-state index contributed by atoms with van der Waals surface area (Å²) in [5.74, 6) is -0.220. The summed E-state index contributed by atoms with van der Waals surface area (Å²) in [5, 5.41) is 10.2. The molecule has 2 rings (SSSR count). The molecule has 1 fully saturated rings. The number of carbonyl (C=O) groups excluding carboxylic acids is 1. The molecule has 0 aliphatic heterocycles. The zero-order valence-electron chi connectivity index (χ0n) is 12.9. The number of likely N-dealkylation sites (N-methyl/N-ethyl adjacent to an activating group) is 1. The maximum atomic E-state index is 11.5. The molecular formula is C17H25NO3. The smallest absolute Gasteiger partial charge is 0.309 e. The predicted octanol–water partition coefficient (Wildman–Crippen LogP) is 2.14. The van der Waals surface area contributed by atoms with Gasteiger partial charge in [-0.15, -0.1) is 0 Å². The second-order valence-electron chi connectivity index (χ2n) is 5.86. The van der Waals surface area contributed by atoms with Crippen LogP contribution >= 0.6 is 0 Å². The van der Waals surface area contributed by atoms with Crippen molar-refractivity contribution in [2.75, 3.05) is 14.2 Å². The lowest BCUT2D eigenvalue weighted by Crippen LogP contribution is -2.43. The first-order valence-electron chi connectivity index (χ1n) is 7.63. The minimum Gasteiger partial charge on any atom is -0.469 e. The zero-order chi connectivity index (χ0) is 15.2. The van der Waals surface area contributed by atoms with Crippen molar-refractivity contribution >= 4 is 5.97 Å². The van der Waals surface area contributed by atoms with E-state index < -0.39 is 0 Å². The molecule has 1 saturated carbocycles. The summed E-state index contributed by atoms with van der Waals surface area (Å²) in [6.45, 7) is 0.745. The van der Waals surface area contributed by atoms with Gasteiger partial charge in [-0.2, -0.15) is 0 Å². The summed E-state index contributed by atoms with van der Waals surface area (Å²) in [4.78, 5) is 13.7. The second-order valence-corrected chi connectivity index (χ2v) is 5.86. The molecule has 1 N–H and O–H groups in total. The number of aliphatic hydroxyl groups excluding tert-OH is 1. The largest absolute Gasteiger partial charge is 0.469 e. The summed E-state index contributed by atoms with van der Waals surface area (Å²) in [6.07, 6.45) is 4.28. The van der Waals surface area contributed by atoms with Gasteiger partial charge in [-0.25, -0.2) is 0 Å². The van der Waals surface area contributed by atoms with E-state index in [-0.39, 0.29) is 18.1 Å². The molecule has 21 heavy (non-hydrogen) atoms. The predicted molar refractivity (Wildman–Crippen MR) is 81.9 cm³/mol. The SMILES string of the molecule is COC(=O)Cc1ccccc1CN(C)C1CCCCC1O.